The molecule has 6 rings (SSSR count). The summed E-state index contributed by atoms with van der Waals surface area (Å²) < 4.78 is 3.42. The number of anilines is 2. The number of aromatic nitrogens is 6. The van der Waals surface area contributed by atoms with Crippen molar-refractivity contribution in [3.8, 4) is 5.69 Å². The van der Waals surface area contributed by atoms with E-state index in [-0.39, 0.29) is 5.69 Å². The summed E-state index contributed by atoms with van der Waals surface area (Å²) >= 11 is 0. The minimum absolute atomic E-state index is 0.168. The van der Waals surface area contributed by atoms with E-state index in [0.717, 1.165) is 47.4 Å². The van der Waals surface area contributed by atoms with Gasteiger partial charge in [0.25, 0.3) is 0 Å². The molecule has 0 saturated heterocycles. The summed E-state index contributed by atoms with van der Waals surface area (Å²) in [5.74, 6) is 1.46. The van der Waals surface area contributed by atoms with Gasteiger partial charge in [0.05, 0.1) is 22.9 Å². The van der Waals surface area contributed by atoms with Gasteiger partial charge in [-0.3, -0.25) is 4.57 Å². The second kappa shape index (κ2) is 7.52. The van der Waals surface area contributed by atoms with E-state index in [2.05, 4.69) is 30.7 Å². The average molecular weight is 426 g/mol. The molecule has 0 unspecified atom stereocenters. The number of benzene rings is 1. The van der Waals surface area contributed by atoms with Crippen LogP contribution < -0.4 is 16.3 Å². The molecular weight excluding hydrogens is 404 g/mol. The quantitative estimate of drug-likeness (QED) is 0.399. The number of imidazole rings is 1. The maximum atomic E-state index is 12.4. The second-order valence-electron chi connectivity index (χ2n) is 8.12. The highest BCUT2D eigenvalue weighted by molar-refractivity contribution is 5.77. The van der Waals surface area contributed by atoms with Crippen molar-refractivity contribution in [1.29, 1.82) is 0 Å². The van der Waals surface area contributed by atoms with Crippen LogP contribution in [0.1, 0.15) is 19.3 Å². The van der Waals surface area contributed by atoms with Crippen molar-refractivity contribution in [2.45, 2.75) is 31.3 Å². The van der Waals surface area contributed by atoms with E-state index in [0.29, 0.717) is 18.0 Å². The second-order valence-corrected chi connectivity index (χ2v) is 8.12. The van der Waals surface area contributed by atoms with E-state index in [1.165, 1.54) is 0 Å². The van der Waals surface area contributed by atoms with Crippen LogP contribution in [-0.2, 0) is 0 Å². The Morgan fingerprint density at radius 3 is 2.66 bits per heavy atom. The van der Waals surface area contributed by atoms with Gasteiger partial charge in [0.15, 0.2) is 5.65 Å². The van der Waals surface area contributed by atoms with Gasteiger partial charge in [0.1, 0.15) is 5.82 Å². The molecule has 0 spiro atoms. The summed E-state index contributed by atoms with van der Waals surface area (Å²) in [6.07, 6.45) is 6.66. The van der Waals surface area contributed by atoms with Crippen molar-refractivity contribution in [3.63, 3.8) is 0 Å². The van der Waals surface area contributed by atoms with Gasteiger partial charge in [-0.25, -0.2) is 14.3 Å². The lowest BCUT2D eigenvalue weighted by Gasteiger charge is -2.15. The average Bonchev–Trinajstić information content (AvgIpc) is 3.50. The molecule has 0 amide bonds. The first-order chi connectivity index (χ1) is 15.7. The Bertz CT molecular complexity index is 1420. The first-order valence-electron chi connectivity index (χ1n) is 10.7. The Kier molecular flexibility index (Phi) is 4.38. The number of hydrogen-bond donors (Lipinski definition) is 3. The summed E-state index contributed by atoms with van der Waals surface area (Å²) in [4.78, 5) is 24.3. The number of nitrogens with zero attached hydrogens (tertiary/aromatic N) is 5. The third-order valence-corrected chi connectivity index (χ3v) is 5.95. The molecule has 32 heavy (non-hydrogen) atoms. The van der Waals surface area contributed by atoms with Crippen LogP contribution in [0.25, 0.3) is 22.4 Å². The summed E-state index contributed by atoms with van der Waals surface area (Å²) in [6.45, 7) is 0. The van der Waals surface area contributed by atoms with Gasteiger partial charge in [0.2, 0.25) is 5.95 Å². The van der Waals surface area contributed by atoms with Crippen LogP contribution in [-0.4, -0.2) is 41.2 Å². The zero-order valence-electron chi connectivity index (χ0n) is 17.3. The minimum Gasteiger partial charge on any atom is -0.367 e. The molecule has 1 saturated carbocycles. The predicted molar refractivity (Wildman–Crippen MR) is 123 cm³/mol. The molecule has 0 radical (unpaired) electrons. The van der Waals surface area contributed by atoms with Crippen LogP contribution in [0.5, 0.6) is 0 Å². The van der Waals surface area contributed by atoms with Crippen LogP contribution in [0, 0.1) is 0 Å². The van der Waals surface area contributed by atoms with E-state index < -0.39 is 0 Å². The highest BCUT2D eigenvalue weighted by Gasteiger charge is 2.25. The van der Waals surface area contributed by atoms with Crippen LogP contribution in [0.3, 0.4) is 0 Å². The Hall–Kier alpha value is -4.14. The zero-order chi connectivity index (χ0) is 21.5. The monoisotopic (exact) mass is 426 g/mol. The van der Waals surface area contributed by atoms with Gasteiger partial charge >= 0.3 is 5.69 Å². The molecule has 9 nitrogen and oxygen atoms in total. The fourth-order valence-corrected chi connectivity index (χ4v) is 4.44. The Morgan fingerprint density at radius 2 is 1.81 bits per heavy atom. The Morgan fingerprint density at radius 1 is 0.969 bits per heavy atom. The molecule has 1 aliphatic carbocycles. The van der Waals surface area contributed by atoms with Crippen molar-refractivity contribution in [3.05, 3.63) is 77.5 Å². The van der Waals surface area contributed by atoms with Gasteiger partial charge in [-0.15, -0.1) is 5.10 Å². The van der Waals surface area contributed by atoms with Crippen LogP contribution in [0.15, 0.2) is 71.8 Å². The molecule has 4 heterocycles. The minimum atomic E-state index is -0.168. The highest BCUT2D eigenvalue weighted by atomic mass is 16.1. The summed E-state index contributed by atoms with van der Waals surface area (Å²) in [6, 6.07) is 17.9. The summed E-state index contributed by atoms with van der Waals surface area (Å²) in [7, 11) is 0. The summed E-state index contributed by atoms with van der Waals surface area (Å²) in [5, 5.41) is 11.4. The lowest BCUT2D eigenvalue weighted by atomic mass is 10.2. The Balaban J connectivity index is 1.12. The third-order valence-electron chi connectivity index (χ3n) is 5.95. The summed E-state index contributed by atoms with van der Waals surface area (Å²) in [5.41, 5.74) is 3.05. The number of para-hydroxylation sites is 2. The standard InChI is InChI=1S/C23H22N8O/c32-23-27-18-5-1-2-6-19(18)31(23)17-10-11-20(24-14-17)25-15-8-9-16(13-15)26-22-28-21-7-3-4-12-30(21)29-22/h1-7,10-12,14-16H,8-9,13H2,(H,24,25)(H,26,29)(H,27,32)/t15-,16-/m0/s1. The van der Waals surface area contributed by atoms with E-state index in [1.807, 2.05) is 60.8 Å². The SMILES string of the molecule is O=c1[nH]c2ccccc2n1-c1ccc(N[C@H]2CC[C@H](Nc3nc4ccccn4n3)C2)nc1. The molecule has 0 aliphatic heterocycles. The number of fused-ring (bicyclic) bond motifs is 2. The van der Waals surface area contributed by atoms with E-state index in [1.54, 1.807) is 15.3 Å². The zero-order valence-corrected chi connectivity index (χ0v) is 17.3. The van der Waals surface area contributed by atoms with Gasteiger partial charge in [0, 0.05) is 18.3 Å². The van der Waals surface area contributed by atoms with Gasteiger partial charge < -0.3 is 15.6 Å². The predicted octanol–water partition coefficient (Wildman–Crippen LogP) is 3.20. The number of nitrogens with one attached hydrogen (secondary N) is 3. The molecule has 160 valence electrons. The van der Waals surface area contributed by atoms with Gasteiger partial charge in [-0.1, -0.05) is 18.2 Å². The maximum absolute atomic E-state index is 12.4. The Labute approximate surface area is 183 Å². The lowest BCUT2D eigenvalue weighted by molar-refractivity contribution is 0.716. The van der Waals surface area contributed by atoms with E-state index in [4.69, 9.17) is 0 Å². The molecule has 2 atom stereocenters. The number of pyridine rings is 2. The van der Waals surface area contributed by atoms with Crippen molar-refractivity contribution < 1.29 is 0 Å². The number of aromatic amines is 1. The fraction of sp³-hybridized carbons (Fsp3) is 0.217. The normalized spacial score (nSPS) is 18.4. The van der Waals surface area contributed by atoms with Crippen molar-refractivity contribution in [1.82, 2.24) is 29.1 Å². The van der Waals surface area contributed by atoms with E-state index >= 15 is 0 Å². The molecule has 3 N–H and O–H groups in total. The van der Waals surface area contributed by atoms with Crippen molar-refractivity contribution in [2.75, 3.05) is 10.6 Å². The smallest absolute Gasteiger partial charge is 0.331 e. The van der Waals surface area contributed by atoms with E-state index in [9.17, 15) is 4.79 Å². The van der Waals surface area contributed by atoms with Crippen LogP contribution in [0.2, 0.25) is 0 Å². The lowest BCUT2D eigenvalue weighted by Crippen LogP contribution is -2.21. The molecule has 5 aromatic rings. The molecule has 4 aromatic heterocycles. The largest absolute Gasteiger partial charge is 0.367 e. The highest BCUT2D eigenvalue weighted by Crippen LogP contribution is 2.25. The first-order valence-corrected chi connectivity index (χ1v) is 10.7. The molecular formula is C23H22N8O. The topological polar surface area (TPSA) is 105 Å². The van der Waals surface area contributed by atoms with Crippen molar-refractivity contribution in [2.24, 2.45) is 0 Å². The van der Waals surface area contributed by atoms with Crippen LogP contribution in [0.4, 0.5) is 11.8 Å². The van der Waals surface area contributed by atoms with Gasteiger partial charge in [-0.05, 0) is 55.7 Å². The molecule has 0 bridgehead atoms. The molecule has 1 fully saturated rings. The first kappa shape index (κ1) is 18.6. The molecule has 1 aliphatic rings. The number of rotatable bonds is 5. The number of H-pyrrole nitrogens is 1. The maximum Gasteiger partial charge on any atom is 0.331 e. The van der Waals surface area contributed by atoms with Crippen molar-refractivity contribution >= 4 is 28.4 Å². The third kappa shape index (κ3) is 3.37. The molecule has 9 heteroatoms. The number of hydrogen-bond acceptors (Lipinski definition) is 6. The van der Waals surface area contributed by atoms with Crippen LogP contribution >= 0.6 is 0 Å². The molecule has 1 aromatic carbocycles. The van der Waals surface area contributed by atoms with Gasteiger partial charge in [-0.2, -0.15) is 4.98 Å². The fourth-order valence-electron chi connectivity index (χ4n) is 4.44.